The van der Waals surface area contributed by atoms with Crippen LogP contribution in [0.1, 0.15) is 5.56 Å². The first-order valence-corrected chi connectivity index (χ1v) is 9.40. The number of benzene rings is 3. The highest BCUT2D eigenvalue weighted by atomic mass is 16.3. The van der Waals surface area contributed by atoms with E-state index in [1.54, 1.807) is 24.3 Å². The van der Waals surface area contributed by atoms with Gasteiger partial charge in [0.15, 0.2) is 11.5 Å². The molecule has 0 unspecified atom stereocenters. The van der Waals surface area contributed by atoms with Gasteiger partial charge in [0, 0.05) is 18.2 Å². The van der Waals surface area contributed by atoms with Crippen molar-refractivity contribution in [1.29, 1.82) is 0 Å². The standard InChI is InChI=1S/C24H20N4O2/c1-28(25-16-17-12-13-22(29)23(30)14-17)24-26-20(18-8-4-2-5-9-18)15-21(27-24)19-10-6-3-7-11-19/h2-16,29-30H,1H3/b25-16+. The molecule has 0 saturated carbocycles. The molecule has 0 spiro atoms. The summed E-state index contributed by atoms with van der Waals surface area (Å²) in [6.07, 6.45) is 1.57. The summed E-state index contributed by atoms with van der Waals surface area (Å²) in [5.41, 5.74) is 4.20. The lowest BCUT2D eigenvalue weighted by atomic mass is 10.1. The zero-order chi connectivity index (χ0) is 20.9. The van der Waals surface area contributed by atoms with Crippen molar-refractivity contribution in [1.82, 2.24) is 9.97 Å². The van der Waals surface area contributed by atoms with E-state index >= 15 is 0 Å². The lowest BCUT2D eigenvalue weighted by molar-refractivity contribution is 0.403. The normalized spacial score (nSPS) is 11.0. The number of phenolic OH excluding ortho intramolecular Hbond substituents is 2. The van der Waals surface area contributed by atoms with Crippen molar-refractivity contribution in [3.05, 3.63) is 90.5 Å². The van der Waals surface area contributed by atoms with Crippen molar-refractivity contribution in [2.45, 2.75) is 0 Å². The smallest absolute Gasteiger partial charge is 0.247 e. The Morgan fingerprint density at radius 1 is 0.733 bits per heavy atom. The molecule has 0 aliphatic carbocycles. The molecule has 0 fully saturated rings. The van der Waals surface area contributed by atoms with Crippen LogP contribution in [0.2, 0.25) is 0 Å². The number of hydrogen-bond donors (Lipinski definition) is 2. The van der Waals surface area contributed by atoms with E-state index < -0.39 is 0 Å². The number of aromatic hydroxyl groups is 2. The molecule has 0 aliphatic rings. The van der Waals surface area contributed by atoms with E-state index in [1.807, 2.05) is 66.7 Å². The summed E-state index contributed by atoms with van der Waals surface area (Å²) in [4.78, 5) is 9.37. The first kappa shape index (κ1) is 19.1. The second-order valence-corrected chi connectivity index (χ2v) is 6.69. The van der Waals surface area contributed by atoms with E-state index in [2.05, 4.69) is 15.1 Å². The molecular formula is C24H20N4O2. The fourth-order valence-electron chi connectivity index (χ4n) is 2.92. The third-order valence-corrected chi connectivity index (χ3v) is 4.52. The number of phenols is 2. The predicted molar refractivity (Wildman–Crippen MR) is 119 cm³/mol. The van der Waals surface area contributed by atoms with E-state index in [0.717, 1.165) is 22.5 Å². The van der Waals surface area contributed by atoms with Crippen LogP contribution in [0.15, 0.2) is 90.0 Å². The van der Waals surface area contributed by atoms with Crippen molar-refractivity contribution in [2.75, 3.05) is 12.1 Å². The highest BCUT2D eigenvalue weighted by Crippen LogP contribution is 2.27. The monoisotopic (exact) mass is 396 g/mol. The first-order valence-electron chi connectivity index (χ1n) is 9.40. The lowest BCUT2D eigenvalue weighted by Crippen LogP contribution is -2.13. The molecule has 3 aromatic carbocycles. The van der Waals surface area contributed by atoms with E-state index in [0.29, 0.717) is 11.5 Å². The Balaban J connectivity index is 1.72. The largest absolute Gasteiger partial charge is 0.504 e. The van der Waals surface area contributed by atoms with Crippen LogP contribution in [0.25, 0.3) is 22.5 Å². The zero-order valence-electron chi connectivity index (χ0n) is 16.3. The average molecular weight is 396 g/mol. The van der Waals surface area contributed by atoms with Gasteiger partial charge in [-0.2, -0.15) is 5.10 Å². The average Bonchev–Trinajstić information content (AvgIpc) is 2.80. The van der Waals surface area contributed by atoms with Crippen LogP contribution in [-0.4, -0.2) is 33.4 Å². The molecule has 0 aliphatic heterocycles. The van der Waals surface area contributed by atoms with Crippen molar-refractivity contribution in [3.8, 4) is 34.0 Å². The Hall–Kier alpha value is -4.19. The Morgan fingerprint density at radius 2 is 1.30 bits per heavy atom. The van der Waals surface area contributed by atoms with Crippen LogP contribution >= 0.6 is 0 Å². The lowest BCUT2D eigenvalue weighted by Gasteiger charge is -2.14. The summed E-state index contributed by atoms with van der Waals surface area (Å²) in [7, 11) is 1.76. The quantitative estimate of drug-likeness (QED) is 0.290. The van der Waals surface area contributed by atoms with Crippen LogP contribution in [0.4, 0.5) is 5.95 Å². The molecule has 0 amide bonds. The number of rotatable bonds is 5. The van der Waals surface area contributed by atoms with Crippen LogP contribution < -0.4 is 5.01 Å². The fourth-order valence-corrected chi connectivity index (χ4v) is 2.92. The third kappa shape index (κ3) is 4.28. The Labute approximate surface area is 174 Å². The van der Waals surface area contributed by atoms with Gasteiger partial charge in [-0.1, -0.05) is 60.7 Å². The van der Waals surface area contributed by atoms with E-state index in [-0.39, 0.29) is 11.5 Å². The number of aromatic nitrogens is 2. The summed E-state index contributed by atoms with van der Waals surface area (Å²) >= 11 is 0. The topological polar surface area (TPSA) is 81.8 Å². The Morgan fingerprint density at radius 3 is 1.83 bits per heavy atom. The van der Waals surface area contributed by atoms with Gasteiger partial charge in [-0.25, -0.2) is 15.0 Å². The van der Waals surface area contributed by atoms with Crippen LogP contribution in [-0.2, 0) is 0 Å². The van der Waals surface area contributed by atoms with Crippen molar-refractivity contribution < 1.29 is 10.2 Å². The van der Waals surface area contributed by atoms with Crippen molar-refractivity contribution in [2.24, 2.45) is 5.10 Å². The van der Waals surface area contributed by atoms with Crippen LogP contribution in [0.3, 0.4) is 0 Å². The highest BCUT2D eigenvalue weighted by molar-refractivity contribution is 5.81. The van der Waals surface area contributed by atoms with Gasteiger partial charge in [-0.15, -0.1) is 0 Å². The fraction of sp³-hybridized carbons (Fsp3) is 0.0417. The number of hydrogen-bond acceptors (Lipinski definition) is 6. The van der Waals surface area contributed by atoms with E-state index in [1.165, 1.54) is 12.1 Å². The molecule has 2 N–H and O–H groups in total. The minimum Gasteiger partial charge on any atom is -0.504 e. The molecule has 6 nitrogen and oxygen atoms in total. The molecule has 0 bridgehead atoms. The molecule has 4 aromatic rings. The highest BCUT2D eigenvalue weighted by Gasteiger charge is 2.11. The van der Waals surface area contributed by atoms with Gasteiger partial charge >= 0.3 is 0 Å². The number of hydrazone groups is 1. The molecule has 148 valence electrons. The molecule has 0 atom stereocenters. The van der Waals surface area contributed by atoms with Gasteiger partial charge in [0.1, 0.15) is 0 Å². The summed E-state index contributed by atoms with van der Waals surface area (Å²) in [5, 5.41) is 25.1. The van der Waals surface area contributed by atoms with Crippen molar-refractivity contribution >= 4 is 12.2 Å². The Bertz CT molecular complexity index is 1120. The third-order valence-electron chi connectivity index (χ3n) is 4.52. The molecule has 0 radical (unpaired) electrons. The van der Waals surface area contributed by atoms with Gasteiger partial charge in [-0.05, 0) is 29.8 Å². The number of nitrogens with zero attached hydrogens (tertiary/aromatic N) is 4. The zero-order valence-corrected chi connectivity index (χ0v) is 16.3. The summed E-state index contributed by atoms with van der Waals surface area (Å²) in [6, 6.07) is 26.3. The molecular weight excluding hydrogens is 376 g/mol. The van der Waals surface area contributed by atoms with Crippen molar-refractivity contribution in [3.63, 3.8) is 0 Å². The van der Waals surface area contributed by atoms with Gasteiger partial charge in [0.2, 0.25) is 5.95 Å². The van der Waals surface area contributed by atoms with Gasteiger partial charge < -0.3 is 10.2 Å². The predicted octanol–water partition coefficient (Wildman–Crippen LogP) is 4.69. The molecule has 30 heavy (non-hydrogen) atoms. The molecule has 0 saturated heterocycles. The SMILES string of the molecule is CN(/N=C/c1ccc(O)c(O)c1)c1nc(-c2ccccc2)cc(-c2ccccc2)n1. The van der Waals surface area contributed by atoms with Crippen LogP contribution in [0, 0.1) is 0 Å². The van der Waals surface area contributed by atoms with E-state index in [4.69, 9.17) is 0 Å². The minimum atomic E-state index is -0.199. The van der Waals surface area contributed by atoms with Gasteiger partial charge in [0.05, 0.1) is 17.6 Å². The summed E-state index contributed by atoms with van der Waals surface area (Å²) in [5.74, 6) is 0.0663. The first-order chi connectivity index (χ1) is 14.6. The second kappa shape index (κ2) is 8.45. The maximum Gasteiger partial charge on any atom is 0.247 e. The molecule has 6 heteroatoms. The Kier molecular flexibility index (Phi) is 5.39. The van der Waals surface area contributed by atoms with Crippen LogP contribution in [0.5, 0.6) is 11.5 Å². The maximum absolute atomic E-state index is 9.66. The summed E-state index contributed by atoms with van der Waals surface area (Å²) in [6.45, 7) is 0. The summed E-state index contributed by atoms with van der Waals surface area (Å²) < 4.78 is 0. The molecule has 1 heterocycles. The second-order valence-electron chi connectivity index (χ2n) is 6.69. The van der Waals surface area contributed by atoms with Gasteiger partial charge in [-0.3, -0.25) is 0 Å². The minimum absolute atomic E-state index is 0.174. The molecule has 4 rings (SSSR count). The van der Waals surface area contributed by atoms with Gasteiger partial charge in [0.25, 0.3) is 0 Å². The number of anilines is 1. The molecule has 1 aromatic heterocycles. The maximum atomic E-state index is 9.66. The van der Waals surface area contributed by atoms with E-state index in [9.17, 15) is 10.2 Å².